The number of carbonyl (C=O) groups is 5. The number of amides is 2. The van der Waals surface area contributed by atoms with E-state index in [2.05, 4.69) is 19.2 Å². The molecule has 4 fully saturated rings. The summed E-state index contributed by atoms with van der Waals surface area (Å²) in [6.45, 7) is 7.03. The quantitative estimate of drug-likeness (QED) is 0.298. The molecule has 0 aromatic rings. The summed E-state index contributed by atoms with van der Waals surface area (Å²) < 4.78 is 27.2. The number of fused-ring (bicyclic) bond motifs is 3. The van der Waals surface area contributed by atoms with Gasteiger partial charge in [0.2, 0.25) is 21.7 Å². The number of piperidine rings is 1. The Bertz CT molecular complexity index is 1300. The van der Waals surface area contributed by atoms with Crippen molar-refractivity contribution in [2.75, 3.05) is 32.9 Å². The number of carbonyl (C=O) groups excluding carboxylic acids is 5. The number of hydrogen-bond acceptors (Lipinski definition) is 7. The fraction of sp³-hybridized carbons (Fsp3) is 0.865. The van der Waals surface area contributed by atoms with Gasteiger partial charge in [-0.3, -0.25) is 24.0 Å². The molecule has 2 saturated carbocycles. The molecule has 0 unspecified atom stereocenters. The molecule has 272 valence electrons. The first kappa shape index (κ1) is 38.7. The molecule has 0 spiro atoms. The Morgan fingerprint density at radius 3 is 2.15 bits per heavy atom. The molecule has 2 amide bonds. The summed E-state index contributed by atoms with van der Waals surface area (Å²) in [6.07, 6.45) is 11.4. The summed E-state index contributed by atoms with van der Waals surface area (Å²) in [7, 11) is -0.454. The topological polar surface area (TPSA) is 138 Å². The SMILES string of the molecule is CCCNC(=O)C(=O)[C@@H]1CCCCCCCC[C@H](CC(=O)CC2(CS(=O)(=O)N(C)C)CCCCC2)C(=O)N2C[C@H]3[C@@H]([C@H]2C(=O)C1)C3(C)C. The van der Waals surface area contributed by atoms with Crippen LogP contribution in [0.5, 0.6) is 0 Å². The third-order valence-electron chi connectivity index (χ3n) is 12.1. The summed E-state index contributed by atoms with van der Waals surface area (Å²) >= 11 is 0. The van der Waals surface area contributed by atoms with Crippen LogP contribution in [-0.2, 0) is 34.0 Å². The van der Waals surface area contributed by atoms with Crippen LogP contribution in [0.15, 0.2) is 0 Å². The average molecular weight is 692 g/mol. The van der Waals surface area contributed by atoms with E-state index < -0.39 is 45.0 Å². The Morgan fingerprint density at radius 1 is 0.917 bits per heavy atom. The third kappa shape index (κ3) is 9.15. The van der Waals surface area contributed by atoms with Gasteiger partial charge in [-0.1, -0.05) is 78.6 Å². The Balaban J connectivity index is 1.56. The standard InChI is InChI=1S/C37H61N3O7S/c1-6-20-38-34(44)33(43)26-16-12-9-7-8-10-13-17-27(35(45)40-24-29-31(36(29,2)3)32(40)30(42)22-26)21-28(41)23-37(18-14-11-15-19-37)25-48(46,47)39(4)5/h26-27,29,31-32H,6-25H2,1-5H3,(H,38,44)/t26-,27-,29+,31+,32-/m1/s1. The Morgan fingerprint density at radius 2 is 1.52 bits per heavy atom. The molecule has 0 aromatic carbocycles. The third-order valence-corrected chi connectivity index (χ3v) is 14.2. The van der Waals surface area contributed by atoms with Crippen molar-refractivity contribution < 1.29 is 32.4 Å². The highest BCUT2D eigenvalue weighted by Gasteiger charge is 2.69. The largest absolute Gasteiger partial charge is 0.350 e. The number of sulfonamides is 1. The predicted octanol–water partition coefficient (Wildman–Crippen LogP) is 5.08. The molecule has 48 heavy (non-hydrogen) atoms. The first-order valence-electron chi connectivity index (χ1n) is 18.7. The van der Waals surface area contributed by atoms with Crippen molar-refractivity contribution in [3.05, 3.63) is 0 Å². The van der Waals surface area contributed by atoms with Crippen molar-refractivity contribution in [1.29, 1.82) is 0 Å². The minimum atomic E-state index is -3.51. The highest BCUT2D eigenvalue weighted by molar-refractivity contribution is 7.89. The van der Waals surface area contributed by atoms with Gasteiger partial charge in [0.15, 0.2) is 5.78 Å². The van der Waals surface area contributed by atoms with Gasteiger partial charge >= 0.3 is 0 Å². The summed E-state index contributed by atoms with van der Waals surface area (Å²) in [6, 6.07) is -0.663. The Hall–Kier alpha value is -2.14. The molecular formula is C37H61N3O7S. The van der Waals surface area contributed by atoms with Gasteiger partial charge in [-0.05, 0) is 54.8 Å². The van der Waals surface area contributed by atoms with E-state index in [1.807, 2.05) is 6.92 Å². The van der Waals surface area contributed by atoms with Gasteiger partial charge in [-0.25, -0.2) is 12.7 Å². The van der Waals surface area contributed by atoms with Gasteiger partial charge in [-0.15, -0.1) is 0 Å². The number of hydrogen-bond donors (Lipinski definition) is 1. The van der Waals surface area contributed by atoms with E-state index in [9.17, 15) is 32.4 Å². The van der Waals surface area contributed by atoms with Crippen LogP contribution in [0.25, 0.3) is 0 Å². The van der Waals surface area contributed by atoms with Crippen LogP contribution in [0.1, 0.15) is 130 Å². The van der Waals surface area contributed by atoms with Crippen molar-refractivity contribution in [1.82, 2.24) is 14.5 Å². The van der Waals surface area contributed by atoms with Crippen LogP contribution < -0.4 is 5.32 Å². The maximum absolute atomic E-state index is 14.4. The molecule has 0 radical (unpaired) electrons. The van der Waals surface area contributed by atoms with Crippen LogP contribution in [0.3, 0.4) is 0 Å². The van der Waals surface area contributed by atoms with E-state index in [0.29, 0.717) is 45.2 Å². The molecule has 2 saturated heterocycles. The number of ketones is 3. The minimum Gasteiger partial charge on any atom is -0.350 e. The molecule has 2 aliphatic heterocycles. The zero-order valence-electron chi connectivity index (χ0n) is 30.2. The highest BCUT2D eigenvalue weighted by atomic mass is 32.2. The van der Waals surface area contributed by atoms with Crippen LogP contribution in [0.2, 0.25) is 0 Å². The summed E-state index contributed by atoms with van der Waals surface area (Å²) in [5, 5.41) is 2.68. The number of nitrogens with zero attached hydrogens (tertiary/aromatic N) is 2. The van der Waals surface area contributed by atoms with E-state index >= 15 is 0 Å². The van der Waals surface area contributed by atoms with E-state index in [0.717, 1.165) is 57.8 Å². The van der Waals surface area contributed by atoms with Crippen molar-refractivity contribution in [2.24, 2.45) is 34.5 Å². The first-order chi connectivity index (χ1) is 22.6. The molecule has 2 heterocycles. The number of Topliss-reactive ketones (excluding diaryl/α,β-unsaturated/α-hetero) is 3. The fourth-order valence-electron chi connectivity index (χ4n) is 9.07. The molecule has 4 rings (SSSR count). The van der Waals surface area contributed by atoms with Crippen molar-refractivity contribution in [3.63, 3.8) is 0 Å². The molecular weight excluding hydrogens is 630 g/mol. The average Bonchev–Trinajstić information content (AvgIpc) is 3.33. The summed E-state index contributed by atoms with van der Waals surface area (Å²) in [5.74, 6) is -2.74. The lowest BCUT2D eigenvalue weighted by molar-refractivity contribution is -0.146. The predicted molar refractivity (Wildman–Crippen MR) is 185 cm³/mol. The monoisotopic (exact) mass is 691 g/mol. The Kier molecular flexibility index (Phi) is 13.1. The number of nitrogens with one attached hydrogen (secondary N) is 1. The zero-order valence-corrected chi connectivity index (χ0v) is 31.0. The van der Waals surface area contributed by atoms with Crippen molar-refractivity contribution in [2.45, 2.75) is 136 Å². The molecule has 11 heteroatoms. The van der Waals surface area contributed by atoms with E-state index in [1.165, 1.54) is 18.4 Å². The number of rotatable bonds is 11. The molecule has 2 aliphatic carbocycles. The van der Waals surface area contributed by atoms with Gasteiger partial charge in [0.25, 0.3) is 5.91 Å². The van der Waals surface area contributed by atoms with Crippen LogP contribution in [0, 0.1) is 34.5 Å². The second-order valence-corrected chi connectivity index (χ2v) is 18.5. The minimum absolute atomic E-state index is 0.00703. The van der Waals surface area contributed by atoms with Crippen molar-refractivity contribution in [3.8, 4) is 0 Å². The van der Waals surface area contributed by atoms with E-state index in [1.54, 1.807) is 4.90 Å². The van der Waals surface area contributed by atoms with Gasteiger partial charge < -0.3 is 10.2 Å². The van der Waals surface area contributed by atoms with Crippen molar-refractivity contribution >= 4 is 39.2 Å². The normalized spacial score (nSPS) is 29.7. The summed E-state index contributed by atoms with van der Waals surface area (Å²) in [4.78, 5) is 70.2. The first-order valence-corrected chi connectivity index (χ1v) is 20.3. The van der Waals surface area contributed by atoms with Gasteiger partial charge in [0.1, 0.15) is 5.78 Å². The van der Waals surface area contributed by atoms with Gasteiger partial charge in [0, 0.05) is 58.3 Å². The maximum atomic E-state index is 14.4. The van der Waals surface area contributed by atoms with Crippen LogP contribution in [-0.4, -0.2) is 85.8 Å². The van der Waals surface area contributed by atoms with Crippen LogP contribution >= 0.6 is 0 Å². The summed E-state index contributed by atoms with van der Waals surface area (Å²) in [5.41, 5.74) is -0.724. The molecule has 5 atom stereocenters. The molecule has 4 aliphatic rings. The lowest BCUT2D eigenvalue weighted by atomic mass is 9.71. The Labute approximate surface area is 288 Å². The second-order valence-electron chi connectivity index (χ2n) is 16.3. The molecule has 0 bridgehead atoms. The maximum Gasteiger partial charge on any atom is 0.287 e. The van der Waals surface area contributed by atoms with E-state index in [-0.39, 0.29) is 59.7 Å². The smallest absolute Gasteiger partial charge is 0.287 e. The lowest BCUT2D eigenvalue weighted by Crippen LogP contribution is -2.49. The zero-order chi connectivity index (χ0) is 35.3. The van der Waals surface area contributed by atoms with Crippen LogP contribution in [0.4, 0.5) is 0 Å². The molecule has 10 nitrogen and oxygen atoms in total. The molecule has 1 N–H and O–H groups in total. The van der Waals surface area contributed by atoms with Gasteiger partial charge in [-0.2, -0.15) is 0 Å². The highest BCUT2D eigenvalue weighted by Crippen LogP contribution is 2.65. The second kappa shape index (κ2) is 16.3. The van der Waals surface area contributed by atoms with E-state index in [4.69, 9.17) is 0 Å². The lowest BCUT2D eigenvalue weighted by Gasteiger charge is -2.38. The fourth-order valence-corrected chi connectivity index (χ4v) is 10.5. The molecule has 0 aromatic heterocycles. The van der Waals surface area contributed by atoms with Gasteiger partial charge in [0.05, 0.1) is 11.8 Å².